The summed E-state index contributed by atoms with van der Waals surface area (Å²) in [5.41, 5.74) is 5.82. The van der Waals surface area contributed by atoms with Crippen molar-refractivity contribution in [1.82, 2.24) is 15.0 Å². The number of hydrogen-bond donors (Lipinski definition) is 1. The van der Waals surface area contributed by atoms with Crippen molar-refractivity contribution in [2.24, 2.45) is 0 Å². The summed E-state index contributed by atoms with van der Waals surface area (Å²) in [6, 6.07) is 1.83. The molecule has 2 aromatic rings. The van der Waals surface area contributed by atoms with Crippen molar-refractivity contribution in [3.05, 3.63) is 29.6 Å². The van der Waals surface area contributed by atoms with Gasteiger partial charge in [-0.15, -0.1) is 0 Å². The van der Waals surface area contributed by atoms with Gasteiger partial charge in [-0.05, 0) is 20.2 Å². The fraction of sp³-hybridized carbons (Fsp3) is 0.273. The zero-order valence-corrected chi connectivity index (χ0v) is 9.94. The third kappa shape index (κ3) is 2.45. The molecule has 0 radical (unpaired) electrons. The second-order valence-electron chi connectivity index (χ2n) is 4.11. The van der Waals surface area contributed by atoms with E-state index in [2.05, 4.69) is 10.1 Å². The normalized spacial score (nSPS) is 11.2. The fourth-order valence-electron chi connectivity index (χ4n) is 1.46. The predicted octanol–water partition coefficient (Wildman–Crippen LogP) is 1.66. The van der Waals surface area contributed by atoms with Crippen LogP contribution < -0.4 is 5.73 Å². The Bertz CT molecular complexity index is 568. The van der Waals surface area contributed by atoms with E-state index in [-0.39, 0.29) is 17.1 Å². The number of nitrogens with zero attached hydrogens (tertiary/aromatic N) is 3. The van der Waals surface area contributed by atoms with Crippen LogP contribution >= 0.6 is 0 Å². The average molecular weight is 254 g/mol. The van der Waals surface area contributed by atoms with E-state index >= 15 is 0 Å². The Balaban J connectivity index is 2.37. The Morgan fingerprint density at radius 1 is 1.28 bits per heavy atom. The van der Waals surface area contributed by atoms with E-state index in [0.717, 1.165) is 12.1 Å². The van der Waals surface area contributed by atoms with Crippen LogP contribution in [0, 0.1) is 11.6 Å². The van der Waals surface area contributed by atoms with E-state index in [4.69, 9.17) is 10.3 Å². The van der Waals surface area contributed by atoms with Gasteiger partial charge in [-0.25, -0.2) is 8.78 Å². The second-order valence-corrected chi connectivity index (χ2v) is 4.11. The topological polar surface area (TPSA) is 68.2 Å². The zero-order chi connectivity index (χ0) is 13.3. The summed E-state index contributed by atoms with van der Waals surface area (Å²) < 4.78 is 31.0. The molecule has 2 N–H and O–H groups in total. The molecule has 0 aliphatic carbocycles. The fourth-order valence-corrected chi connectivity index (χ4v) is 1.46. The van der Waals surface area contributed by atoms with Gasteiger partial charge in [0.15, 0.2) is 17.5 Å². The summed E-state index contributed by atoms with van der Waals surface area (Å²) in [5, 5.41) is 3.73. The first-order chi connectivity index (χ1) is 8.47. The highest BCUT2D eigenvalue weighted by Gasteiger charge is 2.15. The maximum atomic E-state index is 13.1. The largest absolute Gasteiger partial charge is 0.398 e. The average Bonchev–Trinajstić information content (AvgIpc) is 2.70. The van der Waals surface area contributed by atoms with Gasteiger partial charge in [0, 0.05) is 11.8 Å². The predicted molar refractivity (Wildman–Crippen MR) is 61.5 cm³/mol. The highest BCUT2D eigenvalue weighted by atomic mass is 19.2. The van der Waals surface area contributed by atoms with Crippen molar-refractivity contribution in [2.45, 2.75) is 6.54 Å². The first kappa shape index (κ1) is 12.4. The van der Waals surface area contributed by atoms with Gasteiger partial charge in [0.2, 0.25) is 0 Å². The van der Waals surface area contributed by atoms with Crippen molar-refractivity contribution in [2.75, 3.05) is 19.8 Å². The molecule has 0 atom stereocenters. The summed E-state index contributed by atoms with van der Waals surface area (Å²) in [5.74, 6) is -1.50. The van der Waals surface area contributed by atoms with Gasteiger partial charge in [-0.1, -0.05) is 5.16 Å². The molecule has 1 aromatic heterocycles. The lowest BCUT2D eigenvalue weighted by molar-refractivity contribution is 0.365. The number of aromatic nitrogens is 2. The monoisotopic (exact) mass is 254 g/mol. The highest BCUT2D eigenvalue weighted by Crippen LogP contribution is 2.26. The molecule has 0 saturated heterocycles. The van der Waals surface area contributed by atoms with Crippen molar-refractivity contribution in [3.8, 4) is 11.5 Å². The summed E-state index contributed by atoms with van der Waals surface area (Å²) in [6.07, 6.45) is 0. The molecule has 1 heterocycles. The number of nitrogens with two attached hydrogens (primary N) is 1. The molecule has 18 heavy (non-hydrogen) atoms. The molecule has 0 saturated carbocycles. The number of nitrogen functional groups attached to an aromatic ring is 1. The van der Waals surface area contributed by atoms with Gasteiger partial charge in [0.1, 0.15) is 0 Å². The lowest BCUT2D eigenvalue weighted by Gasteiger charge is -2.03. The van der Waals surface area contributed by atoms with Crippen LogP contribution in [0.4, 0.5) is 14.5 Å². The summed E-state index contributed by atoms with van der Waals surface area (Å²) in [4.78, 5) is 5.91. The second kappa shape index (κ2) is 4.69. The first-order valence-electron chi connectivity index (χ1n) is 5.19. The molecule has 1 aromatic carbocycles. The first-order valence-corrected chi connectivity index (χ1v) is 5.19. The van der Waals surface area contributed by atoms with Crippen LogP contribution in [0.25, 0.3) is 11.5 Å². The number of hydrogen-bond acceptors (Lipinski definition) is 5. The van der Waals surface area contributed by atoms with E-state index < -0.39 is 11.6 Å². The quantitative estimate of drug-likeness (QED) is 0.843. The summed E-state index contributed by atoms with van der Waals surface area (Å²) in [7, 11) is 3.70. The highest BCUT2D eigenvalue weighted by molar-refractivity contribution is 5.70. The van der Waals surface area contributed by atoms with Crippen LogP contribution in [-0.2, 0) is 6.54 Å². The Labute approximate surface area is 102 Å². The van der Waals surface area contributed by atoms with Gasteiger partial charge in [-0.2, -0.15) is 4.98 Å². The molecule has 7 heteroatoms. The van der Waals surface area contributed by atoms with E-state index in [9.17, 15) is 8.78 Å². The van der Waals surface area contributed by atoms with Crippen molar-refractivity contribution >= 4 is 5.69 Å². The minimum atomic E-state index is -1.01. The van der Waals surface area contributed by atoms with Gasteiger partial charge in [-0.3, -0.25) is 0 Å². The minimum absolute atomic E-state index is 0.0500. The SMILES string of the molecule is CN(C)Cc1noc(-c2cc(F)c(F)cc2N)n1. The van der Waals surface area contributed by atoms with Gasteiger partial charge in [0.25, 0.3) is 5.89 Å². The van der Waals surface area contributed by atoms with E-state index in [1.807, 2.05) is 19.0 Å². The van der Waals surface area contributed by atoms with Crippen LogP contribution in [0.2, 0.25) is 0 Å². The molecule has 0 aliphatic rings. The molecule has 0 fully saturated rings. The molecule has 0 amide bonds. The molecule has 5 nitrogen and oxygen atoms in total. The lowest BCUT2D eigenvalue weighted by atomic mass is 10.1. The van der Waals surface area contributed by atoms with Crippen LogP contribution in [0.5, 0.6) is 0 Å². The van der Waals surface area contributed by atoms with Crippen LogP contribution in [0.3, 0.4) is 0 Å². The lowest BCUT2D eigenvalue weighted by Crippen LogP contribution is -2.11. The van der Waals surface area contributed by atoms with Crippen molar-refractivity contribution in [1.29, 1.82) is 0 Å². The standard InChI is InChI=1S/C11H12F2N4O/c1-17(2)5-10-15-11(18-16-10)6-3-7(12)8(13)4-9(6)14/h3-4H,5,14H2,1-2H3. The molecule has 0 bridgehead atoms. The molecule has 0 unspecified atom stereocenters. The van der Waals surface area contributed by atoms with Crippen LogP contribution in [-0.4, -0.2) is 29.1 Å². The van der Waals surface area contributed by atoms with E-state index in [1.54, 1.807) is 0 Å². The Morgan fingerprint density at radius 3 is 2.61 bits per heavy atom. The summed E-state index contributed by atoms with van der Waals surface area (Å²) >= 11 is 0. The maximum absolute atomic E-state index is 13.1. The zero-order valence-electron chi connectivity index (χ0n) is 9.94. The molecule has 0 spiro atoms. The third-order valence-electron chi connectivity index (χ3n) is 2.25. The molecular weight excluding hydrogens is 242 g/mol. The smallest absolute Gasteiger partial charge is 0.260 e. The van der Waals surface area contributed by atoms with Gasteiger partial charge >= 0.3 is 0 Å². The third-order valence-corrected chi connectivity index (χ3v) is 2.25. The Hall–Kier alpha value is -2.02. The number of halogens is 2. The number of benzene rings is 1. The number of rotatable bonds is 3. The van der Waals surface area contributed by atoms with Crippen molar-refractivity contribution < 1.29 is 13.3 Å². The van der Waals surface area contributed by atoms with E-state index in [1.165, 1.54) is 0 Å². The van der Waals surface area contributed by atoms with Gasteiger partial charge < -0.3 is 15.2 Å². The van der Waals surface area contributed by atoms with Crippen molar-refractivity contribution in [3.63, 3.8) is 0 Å². The number of anilines is 1. The molecule has 2 rings (SSSR count). The maximum Gasteiger partial charge on any atom is 0.260 e. The van der Waals surface area contributed by atoms with E-state index in [0.29, 0.717) is 12.4 Å². The molecular formula is C11H12F2N4O. The summed E-state index contributed by atoms with van der Waals surface area (Å²) in [6.45, 7) is 0.479. The van der Waals surface area contributed by atoms with Crippen LogP contribution in [0.1, 0.15) is 5.82 Å². The van der Waals surface area contributed by atoms with Crippen LogP contribution in [0.15, 0.2) is 16.7 Å². The molecule has 0 aliphatic heterocycles. The Morgan fingerprint density at radius 2 is 1.94 bits per heavy atom. The Kier molecular flexibility index (Phi) is 3.24. The minimum Gasteiger partial charge on any atom is -0.398 e. The molecule has 96 valence electrons. The van der Waals surface area contributed by atoms with Gasteiger partial charge in [0.05, 0.1) is 12.1 Å².